The van der Waals surface area contributed by atoms with Crippen LogP contribution in [0.25, 0.3) is 22.6 Å². The van der Waals surface area contributed by atoms with E-state index in [-0.39, 0.29) is 0 Å². The minimum absolute atomic E-state index is 0.685. The number of hydrogen-bond acceptors (Lipinski definition) is 6. The molecule has 6 heteroatoms. The standard InChI is InChI=1S/C22H25N5O/c1-2-6-18(7-3-1)20-16-21(24-10-5-11-27-12-14-28-15-13-27)26-22(25-20)19-8-4-9-23-17-19/h1-4,6-9,16-17H,5,10-15H2,(H,24,25,26). The van der Waals surface area contributed by atoms with Crippen LogP contribution in [0.5, 0.6) is 0 Å². The van der Waals surface area contributed by atoms with Gasteiger partial charge in [0.1, 0.15) is 5.82 Å². The monoisotopic (exact) mass is 375 g/mol. The summed E-state index contributed by atoms with van der Waals surface area (Å²) in [6.07, 6.45) is 4.62. The average Bonchev–Trinajstić information content (AvgIpc) is 2.78. The minimum Gasteiger partial charge on any atom is -0.379 e. The zero-order valence-electron chi connectivity index (χ0n) is 15.9. The second kappa shape index (κ2) is 9.39. The second-order valence-corrected chi connectivity index (χ2v) is 6.80. The third-order valence-corrected chi connectivity index (χ3v) is 4.78. The number of nitrogens with zero attached hydrogens (tertiary/aromatic N) is 4. The quantitative estimate of drug-likeness (QED) is 0.639. The molecule has 0 radical (unpaired) electrons. The zero-order valence-corrected chi connectivity index (χ0v) is 15.9. The molecule has 28 heavy (non-hydrogen) atoms. The van der Waals surface area contributed by atoms with Crippen LogP contribution in [-0.2, 0) is 4.74 Å². The number of anilines is 1. The summed E-state index contributed by atoms with van der Waals surface area (Å²) in [7, 11) is 0. The van der Waals surface area contributed by atoms with Crippen LogP contribution in [0, 0.1) is 0 Å². The molecular formula is C22H25N5O. The lowest BCUT2D eigenvalue weighted by molar-refractivity contribution is 0.0378. The lowest BCUT2D eigenvalue weighted by Crippen LogP contribution is -2.37. The molecule has 0 saturated carbocycles. The summed E-state index contributed by atoms with van der Waals surface area (Å²) in [5.74, 6) is 1.53. The first-order chi connectivity index (χ1) is 13.9. The van der Waals surface area contributed by atoms with Gasteiger partial charge in [-0.3, -0.25) is 9.88 Å². The maximum absolute atomic E-state index is 5.41. The van der Waals surface area contributed by atoms with Gasteiger partial charge in [-0.15, -0.1) is 0 Å². The van der Waals surface area contributed by atoms with E-state index in [9.17, 15) is 0 Å². The van der Waals surface area contributed by atoms with E-state index in [1.807, 2.05) is 36.4 Å². The van der Waals surface area contributed by atoms with Gasteiger partial charge in [0.2, 0.25) is 0 Å². The van der Waals surface area contributed by atoms with Crippen molar-refractivity contribution in [2.75, 3.05) is 44.7 Å². The Morgan fingerprint density at radius 3 is 2.57 bits per heavy atom. The topological polar surface area (TPSA) is 63.2 Å². The zero-order chi connectivity index (χ0) is 19.0. The predicted molar refractivity (Wildman–Crippen MR) is 111 cm³/mol. The fourth-order valence-corrected chi connectivity index (χ4v) is 3.26. The molecule has 0 spiro atoms. The van der Waals surface area contributed by atoms with Crippen molar-refractivity contribution in [3.05, 3.63) is 60.9 Å². The molecule has 0 aliphatic carbocycles. The van der Waals surface area contributed by atoms with Gasteiger partial charge >= 0.3 is 0 Å². The number of aromatic nitrogens is 3. The van der Waals surface area contributed by atoms with E-state index in [0.29, 0.717) is 5.82 Å². The van der Waals surface area contributed by atoms with Crippen LogP contribution in [-0.4, -0.2) is 59.2 Å². The van der Waals surface area contributed by atoms with Crippen LogP contribution in [0.4, 0.5) is 5.82 Å². The molecule has 0 bridgehead atoms. The number of nitrogens with one attached hydrogen (secondary N) is 1. The molecule has 6 nitrogen and oxygen atoms in total. The van der Waals surface area contributed by atoms with E-state index in [1.165, 1.54) is 0 Å². The Balaban J connectivity index is 1.49. The van der Waals surface area contributed by atoms with Crippen LogP contribution in [0.15, 0.2) is 60.9 Å². The number of pyridine rings is 1. The number of ether oxygens (including phenoxy) is 1. The molecule has 1 aromatic carbocycles. The third-order valence-electron chi connectivity index (χ3n) is 4.78. The van der Waals surface area contributed by atoms with E-state index in [4.69, 9.17) is 14.7 Å². The van der Waals surface area contributed by atoms with Gasteiger partial charge in [-0.1, -0.05) is 30.3 Å². The first-order valence-corrected chi connectivity index (χ1v) is 9.77. The lowest BCUT2D eigenvalue weighted by Gasteiger charge is -2.26. The van der Waals surface area contributed by atoms with E-state index in [2.05, 4.69) is 27.3 Å². The van der Waals surface area contributed by atoms with Gasteiger partial charge in [-0.2, -0.15) is 0 Å². The SMILES string of the molecule is c1ccc(-c2cc(NCCCN3CCOCC3)nc(-c3cccnc3)n2)cc1. The predicted octanol–water partition coefficient (Wildman–Crippen LogP) is 3.34. The third kappa shape index (κ3) is 4.91. The molecule has 144 valence electrons. The van der Waals surface area contributed by atoms with Crippen LogP contribution >= 0.6 is 0 Å². The highest BCUT2D eigenvalue weighted by Crippen LogP contribution is 2.23. The molecule has 1 aliphatic rings. The van der Waals surface area contributed by atoms with Gasteiger partial charge in [0, 0.05) is 49.2 Å². The molecular weight excluding hydrogens is 350 g/mol. The second-order valence-electron chi connectivity index (χ2n) is 6.80. The van der Waals surface area contributed by atoms with E-state index >= 15 is 0 Å². The molecule has 1 N–H and O–H groups in total. The van der Waals surface area contributed by atoms with E-state index in [1.54, 1.807) is 12.4 Å². The average molecular weight is 375 g/mol. The summed E-state index contributed by atoms with van der Waals surface area (Å²) in [6.45, 7) is 5.67. The van der Waals surface area contributed by atoms with Crippen LogP contribution < -0.4 is 5.32 Å². The maximum atomic E-state index is 5.41. The number of benzene rings is 1. The van der Waals surface area contributed by atoms with Crippen molar-refractivity contribution in [2.24, 2.45) is 0 Å². The van der Waals surface area contributed by atoms with Crippen molar-refractivity contribution in [1.29, 1.82) is 0 Å². The van der Waals surface area contributed by atoms with Crippen molar-refractivity contribution in [2.45, 2.75) is 6.42 Å². The molecule has 0 atom stereocenters. The number of morpholine rings is 1. The van der Waals surface area contributed by atoms with Crippen molar-refractivity contribution in [1.82, 2.24) is 19.9 Å². The van der Waals surface area contributed by atoms with Gasteiger partial charge < -0.3 is 10.1 Å². The lowest BCUT2D eigenvalue weighted by atomic mass is 10.1. The number of rotatable bonds is 7. The van der Waals surface area contributed by atoms with Crippen molar-refractivity contribution >= 4 is 5.82 Å². The molecule has 1 aliphatic heterocycles. The Morgan fingerprint density at radius 2 is 1.79 bits per heavy atom. The van der Waals surface area contributed by atoms with Crippen LogP contribution in [0.2, 0.25) is 0 Å². The van der Waals surface area contributed by atoms with Gasteiger partial charge in [-0.25, -0.2) is 9.97 Å². The largest absolute Gasteiger partial charge is 0.379 e. The molecule has 1 fully saturated rings. The van der Waals surface area contributed by atoms with Crippen molar-refractivity contribution in [3.63, 3.8) is 0 Å². The summed E-state index contributed by atoms with van der Waals surface area (Å²) in [5.41, 5.74) is 2.90. The van der Waals surface area contributed by atoms with Gasteiger partial charge in [0.05, 0.1) is 18.9 Å². The van der Waals surface area contributed by atoms with E-state index < -0.39 is 0 Å². The van der Waals surface area contributed by atoms with Crippen molar-refractivity contribution in [3.8, 4) is 22.6 Å². The number of hydrogen-bond donors (Lipinski definition) is 1. The highest BCUT2D eigenvalue weighted by molar-refractivity contribution is 5.67. The smallest absolute Gasteiger partial charge is 0.163 e. The molecule has 3 aromatic rings. The fourth-order valence-electron chi connectivity index (χ4n) is 3.26. The van der Waals surface area contributed by atoms with Gasteiger partial charge in [0.15, 0.2) is 5.82 Å². The van der Waals surface area contributed by atoms with Gasteiger partial charge in [0.25, 0.3) is 0 Å². The first-order valence-electron chi connectivity index (χ1n) is 9.77. The molecule has 1 saturated heterocycles. The molecule has 3 heterocycles. The highest BCUT2D eigenvalue weighted by Gasteiger charge is 2.11. The minimum atomic E-state index is 0.685. The Kier molecular flexibility index (Phi) is 6.22. The summed E-state index contributed by atoms with van der Waals surface area (Å²) in [5, 5.41) is 3.48. The molecule has 0 unspecified atom stereocenters. The molecule has 0 amide bonds. The molecule has 4 rings (SSSR count). The normalized spacial score (nSPS) is 14.7. The Bertz CT molecular complexity index is 809. The Hall–Kier alpha value is -2.83. The van der Waals surface area contributed by atoms with Crippen LogP contribution in [0.3, 0.4) is 0 Å². The first kappa shape index (κ1) is 18.5. The summed E-state index contributed by atoms with van der Waals surface area (Å²) < 4.78 is 5.41. The highest BCUT2D eigenvalue weighted by atomic mass is 16.5. The fraction of sp³-hybridized carbons (Fsp3) is 0.318. The summed E-state index contributed by atoms with van der Waals surface area (Å²) in [6, 6.07) is 16.1. The van der Waals surface area contributed by atoms with E-state index in [0.717, 1.165) is 68.5 Å². The maximum Gasteiger partial charge on any atom is 0.163 e. The summed E-state index contributed by atoms with van der Waals surface area (Å²) in [4.78, 5) is 16.1. The van der Waals surface area contributed by atoms with Crippen LogP contribution in [0.1, 0.15) is 6.42 Å². The summed E-state index contributed by atoms with van der Waals surface area (Å²) >= 11 is 0. The van der Waals surface area contributed by atoms with Crippen molar-refractivity contribution < 1.29 is 4.74 Å². The van der Waals surface area contributed by atoms with Gasteiger partial charge in [-0.05, 0) is 25.1 Å². The molecule has 2 aromatic heterocycles. The Morgan fingerprint density at radius 1 is 0.964 bits per heavy atom. The Labute approximate surface area is 165 Å².